The molecule has 0 bridgehead atoms. The van der Waals surface area contributed by atoms with Crippen molar-refractivity contribution in [2.75, 3.05) is 32.8 Å². The third-order valence-electron chi connectivity index (χ3n) is 5.12. The van der Waals surface area contributed by atoms with E-state index in [4.69, 9.17) is 18.5 Å². The largest absolute Gasteiger partial charge is 0.480 e. The standard InChI is InChI=1S/C23H28NO8P/c1-3-31-33(28,32-4-2)15-29-14-21(22(25)26)24-23(27)30-13-20-18-11-7-5-9-16(18)17-10-6-8-12-19(17)20/h5-12,20-21H,3-4,13-15H2,1-2H3,(H,24,27)(H,25,26). The highest BCUT2D eigenvalue weighted by Crippen LogP contribution is 2.48. The van der Waals surface area contributed by atoms with Gasteiger partial charge in [-0.3, -0.25) is 4.57 Å². The summed E-state index contributed by atoms with van der Waals surface area (Å²) in [4.78, 5) is 23.9. The average Bonchev–Trinajstić information content (AvgIpc) is 3.11. The molecule has 2 N–H and O–H groups in total. The van der Waals surface area contributed by atoms with Crippen molar-refractivity contribution in [3.05, 3.63) is 59.7 Å². The number of hydrogen-bond acceptors (Lipinski definition) is 7. The molecule has 2 aromatic rings. The zero-order valence-corrected chi connectivity index (χ0v) is 19.5. The first-order chi connectivity index (χ1) is 15.9. The Labute approximate surface area is 192 Å². The molecule has 1 aliphatic rings. The average molecular weight is 477 g/mol. The molecule has 2 aromatic carbocycles. The number of ether oxygens (including phenoxy) is 2. The summed E-state index contributed by atoms with van der Waals surface area (Å²) in [5.41, 5.74) is 4.28. The van der Waals surface area contributed by atoms with E-state index in [0.29, 0.717) is 0 Å². The Bertz CT molecular complexity index is 972. The van der Waals surface area contributed by atoms with Crippen LogP contribution >= 0.6 is 7.60 Å². The molecule has 0 aliphatic heterocycles. The molecule has 0 heterocycles. The number of fused-ring (bicyclic) bond motifs is 3. The second-order valence-electron chi connectivity index (χ2n) is 7.31. The fraction of sp³-hybridized carbons (Fsp3) is 0.391. The number of carbonyl (C=O) groups is 2. The Morgan fingerprint density at radius 1 is 1.00 bits per heavy atom. The van der Waals surface area contributed by atoms with E-state index in [0.717, 1.165) is 22.3 Å². The van der Waals surface area contributed by atoms with E-state index in [1.807, 2.05) is 48.5 Å². The minimum Gasteiger partial charge on any atom is -0.480 e. The topological polar surface area (TPSA) is 120 Å². The van der Waals surface area contributed by atoms with Crippen molar-refractivity contribution < 1.29 is 37.8 Å². The highest BCUT2D eigenvalue weighted by atomic mass is 31.2. The molecule has 0 fully saturated rings. The molecule has 9 nitrogen and oxygen atoms in total. The van der Waals surface area contributed by atoms with Gasteiger partial charge in [-0.25, -0.2) is 9.59 Å². The summed E-state index contributed by atoms with van der Waals surface area (Å²) in [7, 11) is -3.49. The van der Waals surface area contributed by atoms with Crippen molar-refractivity contribution in [3.63, 3.8) is 0 Å². The first-order valence-corrected chi connectivity index (χ1v) is 12.4. The molecule has 1 unspecified atom stereocenters. The molecule has 1 atom stereocenters. The molecule has 0 saturated heterocycles. The maximum Gasteiger partial charge on any atom is 0.407 e. The van der Waals surface area contributed by atoms with Crippen LogP contribution in [0.4, 0.5) is 4.79 Å². The number of alkyl carbamates (subject to hydrolysis) is 1. The molecule has 0 saturated carbocycles. The van der Waals surface area contributed by atoms with Crippen LogP contribution in [0.25, 0.3) is 11.1 Å². The van der Waals surface area contributed by atoms with E-state index in [2.05, 4.69) is 5.32 Å². The molecular weight excluding hydrogens is 449 g/mol. The van der Waals surface area contributed by atoms with Crippen molar-refractivity contribution in [2.24, 2.45) is 0 Å². The van der Waals surface area contributed by atoms with Crippen LogP contribution in [0.1, 0.15) is 30.9 Å². The molecular formula is C23H28NO8P. The van der Waals surface area contributed by atoms with E-state index in [1.54, 1.807) is 13.8 Å². The van der Waals surface area contributed by atoms with Crippen LogP contribution in [0.15, 0.2) is 48.5 Å². The van der Waals surface area contributed by atoms with Crippen molar-refractivity contribution in [1.82, 2.24) is 5.32 Å². The zero-order valence-electron chi connectivity index (χ0n) is 18.6. The Morgan fingerprint density at radius 2 is 1.55 bits per heavy atom. The molecule has 0 aromatic heterocycles. The maximum absolute atomic E-state index is 12.4. The first-order valence-electron chi connectivity index (χ1n) is 10.7. The SMILES string of the molecule is CCOP(=O)(COCC(NC(=O)OCC1c2ccccc2-c2ccccc21)C(=O)O)OCC. The summed E-state index contributed by atoms with van der Waals surface area (Å²) >= 11 is 0. The van der Waals surface area contributed by atoms with Gasteiger partial charge < -0.3 is 28.9 Å². The lowest BCUT2D eigenvalue weighted by molar-refractivity contribution is -0.140. The molecule has 178 valence electrons. The van der Waals surface area contributed by atoms with Crippen molar-refractivity contribution in [3.8, 4) is 11.1 Å². The predicted octanol–water partition coefficient (Wildman–Crippen LogP) is 4.22. The Hall–Kier alpha value is -2.71. The fourth-order valence-corrected chi connectivity index (χ4v) is 5.08. The summed E-state index contributed by atoms with van der Waals surface area (Å²) in [6, 6.07) is 14.4. The lowest BCUT2D eigenvalue weighted by atomic mass is 9.98. The van der Waals surface area contributed by atoms with Crippen LogP contribution in [-0.2, 0) is 27.9 Å². The third kappa shape index (κ3) is 6.21. The number of benzene rings is 2. The summed E-state index contributed by atoms with van der Waals surface area (Å²) in [5, 5.41) is 11.7. The molecule has 1 aliphatic carbocycles. The van der Waals surface area contributed by atoms with Crippen molar-refractivity contribution in [1.29, 1.82) is 0 Å². The highest BCUT2D eigenvalue weighted by Gasteiger charge is 2.30. The van der Waals surface area contributed by atoms with Crippen LogP contribution < -0.4 is 5.32 Å². The minimum absolute atomic E-state index is 0.0525. The van der Waals surface area contributed by atoms with Crippen molar-refractivity contribution >= 4 is 19.7 Å². The summed E-state index contributed by atoms with van der Waals surface area (Å²) in [6.07, 6.45) is -1.31. The van der Waals surface area contributed by atoms with Crippen molar-refractivity contribution in [2.45, 2.75) is 25.8 Å². The van der Waals surface area contributed by atoms with Gasteiger partial charge in [0.2, 0.25) is 0 Å². The van der Waals surface area contributed by atoms with Gasteiger partial charge in [-0.05, 0) is 36.1 Å². The van der Waals surface area contributed by atoms with Crippen LogP contribution in [0.2, 0.25) is 0 Å². The number of hydrogen-bond donors (Lipinski definition) is 2. The number of amides is 1. The third-order valence-corrected chi connectivity index (χ3v) is 6.92. The van der Waals surface area contributed by atoms with Gasteiger partial charge in [-0.1, -0.05) is 48.5 Å². The van der Waals surface area contributed by atoms with Gasteiger partial charge in [0, 0.05) is 5.92 Å². The number of aliphatic carboxylic acids is 1. The zero-order chi connectivity index (χ0) is 23.8. The molecule has 1 amide bonds. The number of nitrogens with one attached hydrogen (secondary N) is 1. The maximum atomic E-state index is 12.4. The Kier molecular flexibility index (Phi) is 8.63. The highest BCUT2D eigenvalue weighted by molar-refractivity contribution is 7.53. The van der Waals surface area contributed by atoms with Crippen LogP contribution in [0.5, 0.6) is 0 Å². The van der Waals surface area contributed by atoms with Crippen LogP contribution in [0, 0.1) is 0 Å². The van der Waals surface area contributed by atoms with Gasteiger partial charge in [0.05, 0.1) is 19.8 Å². The van der Waals surface area contributed by atoms with Gasteiger partial charge in [-0.15, -0.1) is 0 Å². The molecule has 0 spiro atoms. The Balaban J connectivity index is 1.57. The van der Waals surface area contributed by atoms with E-state index >= 15 is 0 Å². The minimum atomic E-state index is -3.49. The van der Waals surface area contributed by atoms with Gasteiger partial charge >= 0.3 is 19.7 Å². The van der Waals surface area contributed by atoms with Gasteiger partial charge in [0.25, 0.3) is 0 Å². The number of carboxylic acid groups (broad SMARTS) is 1. The molecule has 3 rings (SSSR count). The number of carboxylic acids is 1. The summed E-state index contributed by atoms with van der Waals surface area (Å²) in [5.74, 6) is -1.46. The smallest absolute Gasteiger partial charge is 0.407 e. The fourth-order valence-electron chi connectivity index (χ4n) is 3.74. The molecule has 10 heteroatoms. The van der Waals surface area contributed by atoms with E-state index in [1.165, 1.54) is 0 Å². The van der Waals surface area contributed by atoms with Crippen LogP contribution in [0.3, 0.4) is 0 Å². The second kappa shape index (κ2) is 11.4. The number of carbonyl (C=O) groups excluding carboxylic acids is 1. The molecule has 0 radical (unpaired) electrons. The lowest BCUT2D eigenvalue weighted by Gasteiger charge is -2.20. The normalized spacial score (nSPS) is 13.8. The van der Waals surface area contributed by atoms with E-state index < -0.39 is 38.7 Å². The van der Waals surface area contributed by atoms with E-state index in [9.17, 15) is 19.3 Å². The van der Waals surface area contributed by atoms with Gasteiger partial charge in [-0.2, -0.15) is 0 Å². The summed E-state index contributed by atoms with van der Waals surface area (Å²) in [6.45, 7) is 3.25. The monoisotopic (exact) mass is 477 g/mol. The first kappa shape index (κ1) is 24.9. The van der Waals surface area contributed by atoms with E-state index in [-0.39, 0.29) is 25.7 Å². The Morgan fingerprint density at radius 3 is 2.06 bits per heavy atom. The summed E-state index contributed by atoms with van der Waals surface area (Å²) < 4.78 is 33.2. The quantitative estimate of drug-likeness (QED) is 0.436. The second-order valence-corrected chi connectivity index (χ2v) is 9.30. The van der Waals surface area contributed by atoms with Gasteiger partial charge in [0.15, 0.2) is 6.04 Å². The predicted molar refractivity (Wildman–Crippen MR) is 121 cm³/mol. The molecule has 33 heavy (non-hydrogen) atoms. The van der Waals surface area contributed by atoms with Crippen LogP contribution in [-0.4, -0.2) is 56.0 Å². The lowest BCUT2D eigenvalue weighted by Crippen LogP contribution is -2.44. The van der Waals surface area contributed by atoms with Gasteiger partial charge in [0.1, 0.15) is 13.0 Å². The number of rotatable bonds is 12.